The Balaban J connectivity index is 2.36. The van der Waals surface area contributed by atoms with E-state index in [0.29, 0.717) is 0 Å². The van der Waals surface area contributed by atoms with Gasteiger partial charge in [0.05, 0.1) is 13.6 Å². The molecule has 5 heteroatoms. The Morgan fingerprint density at radius 2 is 1.94 bits per heavy atom. The van der Waals surface area contributed by atoms with Crippen LogP contribution in [0.5, 0.6) is 0 Å². The number of thiophene rings is 1. The predicted molar refractivity (Wildman–Crippen MR) is 86.7 cm³/mol. The molecular formula is C12H8Br3ClS. The summed E-state index contributed by atoms with van der Waals surface area (Å²) in [6, 6.07) is 8.18. The van der Waals surface area contributed by atoms with E-state index < -0.39 is 0 Å². The van der Waals surface area contributed by atoms with Crippen molar-refractivity contribution in [3.63, 3.8) is 0 Å². The van der Waals surface area contributed by atoms with E-state index in [-0.39, 0.29) is 4.83 Å². The molecule has 0 nitrogen and oxygen atoms in total. The van der Waals surface area contributed by atoms with Crippen molar-refractivity contribution >= 4 is 70.7 Å². The molecule has 0 bridgehead atoms. The number of rotatable bonds is 2. The summed E-state index contributed by atoms with van der Waals surface area (Å²) in [4.78, 5) is 1.48. The van der Waals surface area contributed by atoms with E-state index in [9.17, 15) is 0 Å². The summed E-state index contributed by atoms with van der Waals surface area (Å²) in [6.07, 6.45) is 0. The van der Waals surface area contributed by atoms with Crippen LogP contribution >= 0.6 is 70.7 Å². The fourth-order valence-electron chi connectivity index (χ4n) is 1.44. The zero-order valence-electron chi connectivity index (χ0n) is 8.81. The zero-order valence-corrected chi connectivity index (χ0v) is 15.1. The molecule has 1 aromatic carbocycles. The first-order chi connectivity index (χ1) is 7.99. The van der Waals surface area contributed by atoms with Gasteiger partial charge in [-0.2, -0.15) is 0 Å². The number of aryl methyl sites for hydroxylation is 1. The topological polar surface area (TPSA) is 0 Å². The lowest BCUT2D eigenvalue weighted by Crippen LogP contribution is -1.89. The highest BCUT2D eigenvalue weighted by Gasteiger charge is 2.15. The van der Waals surface area contributed by atoms with Gasteiger partial charge in [-0.25, -0.2) is 0 Å². The van der Waals surface area contributed by atoms with E-state index in [4.69, 9.17) is 11.6 Å². The molecule has 17 heavy (non-hydrogen) atoms. The third kappa shape index (κ3) is 3.16. The molecule has 0 aliphatic rings. The molecule has 0 aliphatic heterocycles. The van der Waals surface area contributed by atoms with Crippen LogP contribution in [-0.4, -0.2) is 0 Å². The number of alkyl halides is 1. The van der Waals surface area contributed by atoms with E-state index in [1.54, 1.807) is 11.3 Å². The molecule has 0 N–H and O–H groups in total. The van der Waals surface area contributed by atoms with Gasteiger partial charge in [0, 0.05) is 9.35 Å². The standard InChI is InChI=1S/C12H8Br3ClS/c1-6-4-10(17-12(6)15)11(14)7-2-3-9(16)8(13)5-7/h2-5,11H,1H3. The first-order valence-corrected chi connectivity index (χ1v) is 8.53. The molecular weight excluding hydrogens is 451 g/mol. The molecule has 0 spiro atoms. The maximum absolute atomic E-state index is 5.99. The molecule has 0 saturated heterocycles. The van der Waals surface area contributed by atoms with E-state index >= 15 is 0 Å². The maximum atomic E-state index is 5.99. The Morgan fingerprint density at radius 3 is 2.47 bits per heavy atom. The lowest BCUT2D eigenvalue weighted by Gasteiger charge is -2.09. The Kier molecular flexibility index (Phi) is 4.75. The molecule has 1 heterocycles. The van der Waals surface area contributed by atoms with Gasteiger partial charge < -0.3 is 0 Å². The minimum Gasteiger partial charge on any atom is -0.131 e. The van der Waals surface area contributed by atoms with Crippen molar-refractivity contribution in [2.75, 3.05) is 0 Å². The monoisotopic (exact) mass is 456 g/mol. The molecule has 0 radical (unpaired) electrons. The van der Waals surface area contributed by atoms with Crippen LogP contribution in [0, 0.1) is 6.92 Å². The van der Waals surface area contributed by atoms with Gasteiger partial charge in [-0.05, 0) is 68.1 Å². The van der Waals surface area contributed by atoms with Crippen LogP contribution in [0.2, 0.25) is 5.02 Å². The van der Waals surface area contributed by atoms with Gasteiger partial charge in [0.2, 0.25) is 0 Å². The highest BCUT2D eigenvalue weighted by Crippen LogP contribution is 2.40. The average molecular weight is 459 g/mol. The van der Waals surface area contributed by atoms with Gasteiger partial charge >= 0.3 is 0 Å². The van der Waals surface area contributed by atoms with Gasteiger partial charge in [0.1, 0.15) is 0 Å². The fourth-order valence-corrected chi connectivity index (χ4v) is 4.23. The molecule has 0 fully saturated rings. The van der Waals surface area contributed by atoms with E-state index in [1.165, 1.54) is 19.8 Å². The van der Waals surface area contributed by atoms with Crippen LogP contribution in [0.15, 0.2) is 32.5 Å². The van der Waals surface area contributed by atoms with E-state index in [0.717, 1.165) is 9.50 Å². The quantitative estimate of drug-likeness (QED) is 0.438. The fraction of sp³-hybridized carbons (Fsp3) is 0.167. The largest absolute Gasteiger partial charge is 0.131 e. The summed E-state index contributed by atoms with van der Waals surface area (Å²) in [5.41, 5.74) is 2.46. The third-order valence-electron chi connectivity index (χ3n) is 2.36. The second kappa shape index (κ2) is 5.74. The summed E-state index contributed by atoms with van der Waals surface area (Å²) in [5, 5.41) is 0.733. The minimum absolute atomic E-state index is 0.200. The summed E-state index contributed by atoms with van der Waals surface area (Å²) >= 11 is 18.5. The molecule has 0 aliphatic carbocycles. The summed E-state index contributed by atoms with van der Waals surface area (Å²) in [6.45, 7) is 2.10. The molecule has 0 saturated carbocycles. The average Bonchev–Trinajstić information content (AvgIpc) is 2.62. The smallest absolute Gasteiger partial charge is 0.0738 e. The molecule has 1 aromatic heterocycles. The first kappa shape index (κ1) is 14.1. The molecule has 1 unspecified atom stereocenters. The first-order valence-electron chi connectivity index (χ1n) is 4.84. The third-order valence-corrected chi connectivity index (χ3v) is 7.10. The predicted octanol–water partition coefficient (Wildman–Crippen LogP) is 6.72. The van der Waals surface area contributed by atoms with Crippen molar-refractivity contribution in [3.8, 4) is 0 Å². The molecule has 2 rings (SSSR count). The Hall–Kier alpha value is 0.650. The van der Waals surface area contributed by atoms with E-state index in [2.05, 4.69) is 60.8 Å². The highest BCUT2D eigenvalue weighted by molar-refractivity contribution is 9.11. The van der Waals surface area contributed by atoms with Crippen LogP contribution in [0.25, 0.3) is 0 Å². The highest BCUT2D eigenvalue weighted by atomic mass is 79.9. The van der Waals surface area contributed by atoms with Crippen molar-refractivity contribution in [1.29, 1.82) is 0 Å². The van der Waals surface area contributed by atoms with Crippen molar-refractivity contribution in [2.24, 2.45) is 0 Å². The van der Waals surface area contributed by atoms with Crippen LogP contribution in [0.1, 0.15) is 20.8 Å². The van der Waals surface area contributed by atoms with Gasteiger partial charge in [-0.1, -0.05) is 33.6 Å². The lowest BCUT2D eigenvalue weighted by molar-refractivity contribution is 1.21. The van der Waals surface area contributed by atoms with Gasteiger partial charge in [-0.15, -0.1) is 11.3 Å². The Bertz CT molecular complexity index is 531. The molecule has 1 atom stereocenters. The summed E-state index contributed by atoms with van der Waals surface area (Å²) < 4.78 is 2.11. The molecule has 0 amide bonds. The number of hydrogen-bond acceptors (Lipinski definition) is 1. The Morgan fingerprint density at radius 1 is 1.24 bits per heavy atom. The lowest BCUT2D eigenvalue weighted by atomic mass is 10.1. The SMILES string of the molecule is Cc1cc(C(Br)c2ccc(Cl)c(Br)c2)sc1Br. The number of halogens is 4. The van der Waals surface area contributed by atoms with Crippen molar-refractivity contribution in [3.05, 3.63) is 53.6 Å². The van der Waals surface area contributed by atoms with Crippen LogP contribution in [0.4, 0.5) is 0 Å². The number of hydrogen-bond donors (Lipinski definition) is 0. The zero-order chi connectivity index (χ0) is 12.6. The van der Waals surface area contributed by atoms with Crippen LogP contribution < -0.4 is 0 Å². The maximum Gasteiger partial charge on any atom is 0.0738 e. The Labute approximate surface area is 135 Å². The van der Waals surface area contributed by atoms with Crippen molar-refractivity contribution < 1.29 is 0 Å². The second-order valence-electron chi connectivity index (χ2n) is 3.64. The minimum atomic E-state index is 0.200. The number of benzene rings is 1. The molecule has 90 valence electrons. The molecule has 2 aromatic rings. The van der Waals surface area contributed by atoms with Crippen molar-refractivity contribution in [1.82, 2.24) is 0 Å². The second-order valence-corrected chi connectivity index (χ2v) is 8.22. The van der Waals surface area contributed by atoms with Crippen LogP contribution in [0.3, 0.4) is 0 Å². The van der Waals surface area contributed by atoms with Gasteiger partial charge in [-0.3, -0.25) is 0 Å². The summed E-state index contributed by atoms with van der Waals surface area (Å²) in [5.74, 6) is 0. The normalized spacial score (nSPS) is 12.8. The van der Waals surface area contributed by atoms with Crippen LogP contribution in [-0.2, 0) is 0 Å². The van der Waals surface area contributed by atoms with Gasteiger partial charge in [0.15, 0.2) is 0 Å². The van der Waals surface area contributed by atoms with Gasteiger partial charge in [0.25, 0.3) is 0 Å². The van der Waals surface area contributed by atoms with Crippen molar-refractivity contribution in [2.45, 2.75) is 11.8 Å². The van der Waals surface area contributed by atoms with E-state index in [1.807, 2.05) is 18.2 Å². The summed E-state index contributed by atoms with van der Waals surface area (Å²) in [7, 11) is 0.